The number of rotatable bonds is 7. The second kappa shape index (κ2) is 11.5. The first-order chi connectivity index (χ1) is 18.9. The predicted octanol–water partition coefficient (Wildman–Crippen LogP) is 2.01. The maximum atomic E-state index is 13.8. The van der Waals surface area contributed by atoms with Crippen molar-refractivity contribution >= 4 is 17.8 Å². The number of aromatic hydroxyl groups is 1. The van der Waals surface area contributed by atoms with Crippen LogP contribution in [0.5, 0.6) is 5.75 Å². The summed E-state index contributed by atoms with van der Waals surface area (Å²) in [6, 6.07) is 19.1. The highest BCUT2D eigenvalue weighted by Crippen LogP contribution is 2.29. The Hall–Kier alpha value is -4.44. The molecule has 10 heteroatoms. The van der Waals surface area contributed by atoms with Crippen LogP contribution < -0.4 is 5.32 Å². The molecule has 0 bridgehead atoms. The third-order valence-corrected chi connectivity index (χ3v) is 7.17. The van der Waals surface area contributed by atoms with Gasteiger partial charge in [-0.1, -0.05) is 42.5 Å². The highest BCUT2D eigenvalue weighted by atomic mass is 16.3. The Morgan fingerprint density at radius 2 is 1.69 bits per heavy atom. The fourth-order valence-corrected chi connectivity index (χ4v) is 5.25. The zero-order valence-electron chi connectivity index (χ0n) is 21.8. The number of hydrazine groups is 1. The lowest BCUT2D eigenvalue weighted by Crippen LogP contribution is -2.76. The number of benzene rings is 2. The van der Waals surface area contributed by atoms with E-state index in [-0.39, 0.29) is 43.1 Å². The first-order valence-electron chi connectivity index (χ1n) is 13.0. The summed E-state index contributed by atoms with van der Waals surface area (Å²) in [5.41, 5.74) is 2.83. The van der Waals surface area contributed by atoms with Crippen LogP contribution in [0.15, 0.2) is 79.1 Å². The summed E-state index contributed by atoms with van der Waals surface area (Å²) in [5, 5.41) is 15.9. The van der Waals surface area contributed by atoms with Crippen molar-refractivity contribution in [2.75, 3.05) is 26.7 Å². The number of hydrogen-bond acceptors (Lipinski definition) is 6. The Balaban J connectivity index is 1.41. The van der Waals surface area contributed by atoms with Crippen LogP contribution in [0, 0.1) is 0 Å². The summed E-state index contributed by atoms with van der Waals surface area (Å²) < 4.78 is 0. The van der Waals surface area contributed by atoms with Gasteiger partial charge in [-0.05, 0) is 47.4 Å². The number of piperazine rings is 1. The number of urea groups is 1. The van der Waals surface area contributed by atoms with Crippen molar-refractivity contribution in [2.45, 2.75) is 31.6 Å². The Morgan fingerprint density at radius 3 is 2.41 bits per heavy atom. The van der Waals surface area contributed by atoms with E-state index < -0.39 is 12.2 Å². The van der Waals surface area contributed by atoms with E-state index in [2.05, 4.69) is 10.3 Å². The number of fused-ring (bicyclic) bond motifs is 1. The van der Waals surface area contributed by atoms with Crippen molar-refractivity contribution in [1.29, 1.82) is 0 Å². The van der Waals surface area contributed by atoms with Gasteiger partial charge in [0.1, 0.15) is 18.0 Å². The van der Waals surface area contributed by atoms with Crippen molar-refractivity contribution in [3.63, 3.8) is 0 Å². The number of nitrogens with zero attached hydrogens (tertiary/aromatic N) is 5. The molecular weight excluding hydrogens is 496 g/mol. The Bertz CT molecular complexity index is 1300. The average molecular weight is 529 g/mol. The number of likely N-dealkylation sites (N-methyl/N-ethyl adjacent to an activating group) is 1. The van der Waals surface area contributed by atoms with Gasteiger partial charge >= 0.3 is 6.03 Å². The fraction of sp³-hybridized carbons (Fsp3) is 0.310. The van der Waals surface area contributed by atoms with Crippen LogP contribution >= 0.6 is 0 Å². The largest absolute Gasteiger partial charge is 0.508 e. The first kappa shape index (κ1) is 26.2. The second-order valence-corrected chi connectivity index (χ2v) is 9.87. The van der Waals surface area contributed by atoms with Crippen LogP contribution in [0.4, 0.5) is 4.79 Å². The summed E-state index contributed by atoms with van der Waals surface area (Å²) in [6.07, 6.45) is 3.62. The van der Waals surface area contributed by atoms with Crippen molar-refractivity contribution in [3.05, 3.63) is 95.8 Å². The van der Waals surface area contributed by atoms with E-state index in [0.29, 0.717) is 19.5 Å². The third-order valence-electron chi connectivity index (χ3n) is 7.17. The number of pyridine rings is 1. The highest BCUT2D eigenvalue weighted by molar-refractivity contribution is 5.91. The molecule has 2 fully saturated rings. The maximum absolute atomic E-state index is 13.8. The number of amides is 4. The standard InChI is InChI=1S/C29H32N6O4/c1-32-20-27(37)34-25(17-22-7-9-24(36)10-8-22)28(38)33(18-23-11-14-30-15-12-23)19-26(34)35(32)29(39)31-16-13-21-5-3-2-4-6-21/h2-12,14-15,25-26,36H,13,16-20H2,1H3,(H,31,39)/t25-,26?/m0/s1. The Kier molecular flexibility index (Phi) is 7.74. The van der Waals surface area contributed by atoms with Crippen LogP contribution in [-0.2, 0) is 29.0 Å². The number of phenols is 1. The van der Waals surface area contributed by atoms with Gasteiger partial charge in [-0.15, -0.1) is 0 Å². The summed E-state index contributed by atoms with van der Waals surface area (Å²) in [7, 11) is 1.71. The Labute approximate surface area is 227 Å². The van der Waals surface area contributed by atoms with Crippen LogP contribution in [-0.4, -0.2) is 86.6 Å². The highest BCUT2D eigenvalue weighted by Gasteiger charge is 2.50. The molecule has 5 rings (SSSR count). The SMILES string of the molecule is CN1CC(=O)N2C(CN(Cc3ccncc3)C(=O)[C@@H]2Cc2ccc(O)cc2)N1C(=O)NCCc1ccccc1. The second-order valence-electron chi connectivity index (χ2n) is 9.87. The molecule has 0 aliphatic carbocycles. The summed E-state index contributed by atoms with van der Waals surface area (Å²) in [5.74, 6) is -0.269. The lowest BCUT2D eigenvalue weighted by Gasteiger charge is -2.54. The molecular formula is C29H32N6O4. The minimum atomic E-state index is -0.795. The molecule has 3 heterocycles. The molecule has 2 aliphatic rings. The molecule has 0 saturated carbocycles. The van der Waals surface area contributed by atoms with Gasteiger partial charge < -0.3 is 20.2 Å². The van der Waals surface area contributed by atoms with Crippen LogP contribution in [0.25, 0.3) is 0 Å². The first-order valence-corrected chi connectivity index (χ1v) is 13.0. The van der Waals surface area contributed by atoms with E-state index in [1.807, 2.05) is 42.5 Å². The minimum absolute atomic E-state index is 0.0215. The van der Waals surface area contributed by atoms with Gasteiger partial charge in [-0.2, -0.15) is 0 Å². The zero-order valence-corrected chi connectivity index (χ0v) is 21.8. The van der Waals surface area contributed by atoms with Gasteiger partial charge in [0.25, 0.3) is 0 Å². The van der Waals surface area contributed by atoms with Gasteiger partial charge in [0.2, 0.25) is 11.8 Å². The van der Waals surface area contributed by atoms with Gasteiger partial charge in [0, 0.05) is 39.0 Å². The molecule has 0 radical (unpaired) electrons. The van der Waals surface area contributed by atoms with Gasteiger partial charge in [0.05, 0.1) is 13.1 Å². The van der Waals surface area contributed by atoms with Crippen molar-refractivity contribution in [3.8, 4) is 5.75 Å². The van der Waals surface area contributed by atoms with Crippen molar-refractivity contribution in [2.24, 2.45) is 0 Å². The molecule has 1 aromatic heterocycles. The number of carbonyl (C=O) groups excluding carboxylic acids is 3. The topological polar surface area (TPSA) is 109 Å². The molecule has 2 saturated heterocycles. The lowest BCUT2D eigenvalue weighted by molar-refractivity contribution is -0.187. The summed E-state index contributed by atoms with van der Waals surface area (Å²) in [6.45, 7) is 0.922. The molecule has 2 N–H and O–H groups in total. The molecule has 39 heavy (non-hydrogen) atoms. The minimum Gasteiger partial charge on any atom is -0.508 e. The van der Waals surface area contributed by atoms with Gasteiger partial charge in [-0.25, -0.2) is 14.8 Å². The number of carbonyl (C=O) groups is 3. The van der Waals surface area contributed by atoms with E-state index in [9.17, 15) is 19.5 Å². The van der Waals surface area contributed by atoms with Crippen LogP contribution in [0.2, 0.25) is 0 Å². The van der Waals surface area contributed by atoms with Crippen LogP contribution in [0.3, 0.4) is 0 Å². The molecule has 2 aromatic carbocycles. The molecule has 1 unspecified atom stereocenters. The molecule has 202 valence electrons. The number of aromatic nitrogens is 1. The van der Waals surface area contributed by atoms with E-state index in [1.54, 1.807) is 63.5 Å². The average Bonchev–Trinajstić information content (AvgIpc) is 2.93. The van der Waals surface area contributed by atoms with E-state index in [1.165, 1.54) is 0 Å². The number of phenolic OH excluding ortho intramolecular Hbond substituents is 1. The van der Waals surface area contributed by atoms with E-state index in [0.717, 1.165) is 16.7 Å². The van der Waals surface area contributed by atoms with E-state index >= 15 is 0 Å². The molecule has 2 aliphatic heterocycles. The number of nitrogens with one attached hydrogen (secondary N) is 1. The monoisotopic (exact) mass is 528 g/mol. The normalized spacial score (nSPS) is 19.7. The van der Waals surface area contributed by atoms with Crippen molar-refractivity contribution in [1.82, 2.24) is 30.1 Å². The predicted molar refractivity (Wildman–Crippen MR) is 144 cm³/mol. The summed E-state index contributed by atoms with van der Waals surface area (Å²) >= 11 is 0. The smallest absolute Gasteiger partial charge is 0.333 e. The third kappa shape index (κ3) is 5.85. The number of hydrogen-bond donors (Lipinski definition) is 2. The summed E-state index contributed by atoms with van der Waals surface area (Å²) in [4.78, 5) is 48.0. The molecule has 2 atom stereocenters. The quantitative estimate of drug-likeness (QED) is 0.486. The van der Waals surface area contributed by atoms with E-state index in [4.69, 9.17) is 0 Å². The Morgan fingerprint density at radius 1 is 0.974 bits per heavy atom. The zero-order chi connectivity index (χ0) is 27.4. The van der Waals surface area contributed by atoms with Gasteiger partial charge in [0.15, 0.2) is 0 Å². The molecule has 0 spiro atoms. The van der Waals surface area contributed by atoms with Gasteiger partial charge in [-0.3, -0.25) is 14.6 Å². The maximum Gasteiger partial charge on any atom is 0.333 e. The van der Waals surface area contributed by atoms with Crippen LogP contribution in [0.1, 0.15) is 16.7 Å². The fourth-order valence-electron chi connectivity index (χ4n) is 5.25. The lowest BCUT2D eigenvalue weighted by atomic mass is 9.98. The molecule has 4 amide bonds. The molecule has 3 aromatic rings. The van der Waals surface area contributed by atoms with Crippen molar-refractivity contribution < 1.29 is 19.5 Å². The molecule has 10 nitrogen and oxygen atoms in total.